The molecule has 7 heteroatoms. The third-order valence-electron chi connectivity index (χ3n) is 2.98. The van der Waals surface area contributed by atoms with E-state index in [-0.39, 0.29) is 6.04 Å². The van der Waals surface area contributed by atoms with Gasteiger partial charge in [-0.2, -0.15) is 0 Å². The second-order valence-corrected chi connectivity index (χ2v) is 6.27. The predicted octanol–water partition coefficient (Wildman–Crippen LogP) is 2.52. The van der Waals surface area contributed by atoms with Crippen LogP contribution in [-0.4, -0.2) is 30.8 Å². The molecule has 0 radical (unpaired) electrons. The molecule has 1 aliphatic carbocycles. The maximum atomic E-state index is 12.0. The molecular weight excluding hydrogens is 282 g/mol. The number of hydrogen-bond donors (Lipinski definition) is 3. The zero-order valence-corrected chi connectivity index (χ0v) is 11.8. The van der Waals surface area contributed by atoms with E-state index in [4.69, 9.17) is 15.0 Å². The third kappa shape index (κ3) is 6.03. The zero-order chi connectivity index (χ0) is 15.0. The maximum Gasteiger partial charge on any atom is 0.503 e. The van der Waals surface area contributed by atoms with Gasteiger partial charge in [0.15, 0.2) is 0 Å². The van der Waals surface area contributed by atoms with Gasteiger partial charge in [-0.05, 0) is 25.0 Å². The fourth-order valence-corrected chi connectivity index (χ4v) is 3.43. The van der Waals surface area contributed by atoms with Crippen LogP contribution in [-0.2, 0) is 10.0 Å². The molecule has 20 heavy (non-hydrogen) atoms. The van der Waals surface area contributed by atoms with Crippen molar-refractivity contribution in [2.45, 2.75) is 43.0 Å². The molecule has 0 unspecified atom stereocenters. The molecule has 1 aliphatic rings. The smallest absolute Gasteiger partial charge is 0.450 e. The van der Waals surface area contributed by atoms with Crippen LogP contribution in [0.1, 0.15) is 32.1 Å². The average Bonchev–Trinajstić information content (AvgIpc) is 2.40. The fourth-order valence-electron chi connectivity index (χ4n) is 2.11. The van der Waals surface area contributed by atoms with Crippen LogP contribution in [0, 0.1) is 0 Å². The number of nitrogens with one attached hydrogen (secondary N) is 1. The number of carboxylic acid groups (broad SMARTS) is 2. The highest BCUT2D eigenvalue weighted by molar-refractivity contribution is 7.89. The van der Waals surface area contributed by atoms with Gasteiger partial charge >= 0.3 is 6.16 Å². The topological polar surface area (TPSA) is 104 Å². The van der Waals surface area contributed by atoms with Crippen molar-refractivity contribution in [1.29, 1.82) is 0 Å². The van der Waals surface area contributed by atoms with Gasteiger partial charge in [-0.1, -0.05) is 37.5 Å². The van der Waals surface area contributed by atoms with Gasteiger partial charge in [-0.3, -0.25) is 0 Å². The predicted molar refractivity (Wildman–Crippen MR) is 74.3 cm³/mol. The van der Waals surface area contributed by atoms with Crippen molar-refractivity contribution >= 4 is 16.2 Å². The first-order valence-corrected chi connectivity index (χ1v) is 7.89. The van der Waals surface area contributed by atoms with Crippen LogP contribution in [0.4, 0.5) is 4.79 Å². The minimum Gasteiger partial charge on any atom is -0.450 e. The monoisotopic (exact) mass is 301 g/mol. The van der Waals surface area contributed by atoms with E-state index < -0.39 is 16.2 Å². The summed E-state index contributed by atoms with van der Waals surface area (Å²) in [5, 5.41) is 13.9. The minimum atomic E-state index is -3.31. The highest BCUT2D eigenvalue weighted by Gasteiger charge is 2.21. The van der Waals surface area contributed by atoms with E-state index in [0.29, 0.717) is 4.90 Å². The largest absolute Gasteiger partial charge is 0.503 e. The van der Waals surface area contributed by atoms with Gasteiger partial charge in [-0.25, -0.2) is 17.9 Å². The molecule has 1 aromatic carbocycles. The molecule has 1 aromatic rings. The zero-order valence-electron chi connectivity index (χ0n) is 11.0. The molecule has 1 saturated carbocycles. The number of benzene rings is 1. The molecule has 0 atom stereocenters. The van der Waals surface area contributed by atoms with Crippen molar-refractivity contribution in [3.63, 3.8) is 0 Å². The number of carbonyl (C=O) groups is 1. The Hall–Kier alpha value is -1.60. The molecule has 0 saturated heterocycles. The lowest BCUT2D eigenvalue weighted by molar-refractivity contribution is 0.137. The van der Waals surface area contributed by atoms with Crippen LogP contribution in [0.25, 0.3) is 0 Å². The number of sulfonamides is 1. The van der Waals surface area contributed by atoms with E-state index in [1.165, 1.54) is 6.42 Å². The molecule has 0 aliphatic heterocycles. The first kappa shape index (κ1) is 16.5. The van der Waals surface area contributed by atoms with Crippen molar-refractivity contribution in [2.24, 2.45) is 0 Å². The van der Waals surface area contributed by atoms with Gasteiger partial charge in [0.2, 0.25) is 10.0 Å². The van der Waals surface area contributed by atoms with E-state index in [1.807, 2.05) is 6.07 Å². The van der Waals surface area contributed by atoms with Crippen molar-refractivity contribution in [3.8, 4) is 0 Å². The molecule has 0 aromatic heterocycles. The summed E-state index contributed by atoms with van der Waals surface area (Å²) in [4.78, 5) is 8.92. The normalized spacial score (nSPS) is 16.0. The summed E-state index contributed by atoms with van der Waals surface area (Å²) in [5.41, 5.74) is 0. The Balaban J connectivity index is 0.000000444. The molecule has 6 nitrogen and oxygen atoms in total. The summed E-state index contributed by atoms with van der Waals surface area (Å²) in [6.07, 6.45) is 3.58. The van der Waals surface area contributed by atoms with Crippen molar-refractivity contribution < 1.29 is 23.4 Å². The molecule has 112 valence electrons. The van der Waals surface area contributed by atoms with E-state index in [2.05, 4.69) is 4.72 Å². The number of rotatable bonds is 3. The summed E-state index contributed by atoms with van der Waals surface area (Å²) < 4.78 is 26.8. The summed E-state index contributed by atoms with van der Waals surface area (Å²) in [7, 11) is -3.31. The maximum absolute atomic E-state index is 12.0. The Morgan fingerprint density at radius 1 is 1.05 bits per heavy atom. The van der Waals surface area contributed by atoms with Crippen molar-refractivity contribution in [2.75, 3.05) is 0 Å². The Morgan fingerprint density at radius 2 is 1.55 bits per heavy atom. The SMILES string of the molecule is O=C(O)O.O=S(=O)(NC1CCCCC1)c1ccccc1. The van der Waals surface area contributed by atoms with E-state index in [1.54, 1.807) is 24.3 Å². The van der Waals surface area contributed by atoms with Crippen LogP contribution >= 0.6 is 0 Å². The Kier molecular flexibility index (Phi) is 6.47. The molecule has 2 rings (SSSR count). The standard InChI is InChI=1S/C12H17NO2S.CH2O3/c14-16(15,12-9-5-2-6-10-12)13-11-7-3-1-4-8-11;2-1(3)4/h2,5-6,9-11,13H,1,3-4,7-8H2;(H2,2,3,4). The lowest BCUT2D eigenvalue weighted by Gasteiger charge is -2.22. The summed E-state index contributed by atoms with van der Waals surface area (Å²) in [6.45, 7) is 0. The molecular formula is C13H19NO5S. The van der Waals surface area contributed by atoms with Gasteiger partial charge < -0.3 is 10.2 Å². The van der Waals surface area contributed by atoms with E-state index >= 15 is 0 Å². The number of hydrogen-bond acceptors (Lipinski definition) is 3. The highest BCUT2D eigenvalue weighted by Crippen LogP contribution is 2.19. The lowest BCUT2D eigenvalue weighted by Crippen LogP contribution is -2.36. The van der Waals surface area contributed by atoms with Crippen LogP contribution in [0.5, 0.6) is 0 Å². The van der Waals surface area contributed by atoms with Crippen molar-refractivity contribution in [1.82, 2.24) is 4.72 Å². The Morgan fingerprint density at radius 3 is 2.05 bits per heavy atom. The molecule has 3 N–H and O–H groups in total. The highest BCUT2D eigenvalue weighted by atomic mass is 32.2. The van der Waals surface area contributed by atoms with E-state index in [9.17, 15) is 8.42 Å². The van der Waals surface area contributed by atoms with Gasteiger partial charge in [0, 0.05) is 6.04 Å². The summed E-state index contributed by atoms with van der Waals surface area (Å²) in [5.74, 6) is 0. The van der Waals surface area contributed by atoms with Gasteiger partial charge in [-0.15, -0.1) is 0 Å². The van der Waals surface area contributed by atoms with Gasteiger partial charge in [0.05, 0.1) is 4.90 Å². The first-order chi connectivity index (χ1) is 9.42. The molecule has 0 spiro atoms. The van der Waals surface area contributed by atoms with Gasteiger partial charge in [0.1, 0.15) is 0 Å². The Labute approximate surface area is 118 Å². The average molecular weight is 301 g/mol. The molecule has 0 heterocycles. The fraction of sp³-hybridized carbons (Fsp3) is 0.462. The van der Waals surface area contributed by atoms with Crippen LogP contribution in [0.2, 0.25) is 0 Å². The second kappa shape index (κ2) is 7.86. The van der Waals surface area contributed by atoms with Crippen molar-refractivity contribution in [3.05, 3.63) is 30.3 Å². The quantitative estimate of drug-likeness (QED) is 0.796. The molecule has 0 amide bonds. The van der Waals surface area contributed by atoms with Crippen LogP contribution in [0.3, 0.4) is 0 Å². The molecule has 1 fully saturated rings. The summed E-state index contributed by atoms with van der Waals surface area (Å²) >= 11 is 0. The minimum absolute atomic E-state index is 0.124. The third-order valence-corrected chi connectivity index (χ3v) is 4.52. The first-order valence-electron chi connectivity index (χ1n) is 6.41. The lowest BCUT2D eigenvalue weighted by atomic mass is 9.96. The van der Waals surface area contributed by atoms with Crippen LogP contribution in [0.15, 0.2) is 35.2 Å². The van der Waals surface area contributed by atoms with Crippen LogP contribution < -0.4 is 4.72 Å². The molecule has 0 bridgehead atoms. The summed E-state index contributed by atoms with van der Waals surface area (Å²) in [6, 6.07) is 8.69. The Bertz CT molecular complexity index is 505. The van der Waals surface area contributed by atoms with Gasteiger partial charge in [0.25, 0.3) is 0 Å². The second-order valence-electron chi connectivity index (χ2n) is 4.55. The van der Waals surface area contributed by atoms with E-state index in [0.717, 1.165) is 25.7 Å².